The van der Waals surface area contributed by atoms with E-state index < -0.39 is 0 Å². The van der Waals surface area contributed by atoms with Crippen LogP contribution in [0.25, 0.3) is 0 Å². The summed E-state index contributed by atoms with van der Waals surface area (Å²) < 4.78 is 0. The van der Waals surface area contributed by atoms with Crippen LogP contribution in [0.5, 0.6) is 0 Å². The van der Waals surface area contributed by atoms with E-state index in [1.165, 1.54) is 19.3 Å². The van der Waals surface area contributed by atoms with Crippen molar-refractivity contribution >= 4 is 24.0 Å². The van der Waals surface area contributed by atoms with Crippen molar-refractivity contribution in [3.63, 3.8) is 0 Å². The van der Waals surface area contributed by atoms with Crippen molar-refractivity contribution in [1.29, 1.82) is 0 Å². The molecule has 2 rings (SSSR count). The van der Waals surface area contributed by atoms with E-state index in [-0.39, 0.29) is 12.4 Å². The van der Waals surface area contributed by atoms with Crippen LogP contribution in [-0.2, 0) is 6.54 Å². The summed E-state index contributed by atoms with van der Waals surface area (Å²) in [5, 5.41) is 8.37. The average molecular weight is 277 g/mol. The fourth-order valence-electron chi connectivity index (χ4n) is 2.17. The Bertz CT molecular complexity index is 331. The van der Waals surface area contributed by atoms with Gasteiger partial charge >= 0.3 is 0 Å². The van der Waals surface area contributed by atoms with E-state index in [1.54, 1.807) is 6.07 Å². The van der Waals surface area contributed by atoms with E-state index in [2.05, 4.69) is 15.1 Å². The highest BCUT2D eigenvalue weighted by molar-refractivity contribution is 6.29. The van der Waals surface area contributed by atoms with Crippen LogP contribution in [0.4, 0.5) is 0 Å². The summed E-state index contributed by atoms with van der Waals surface area (Å²) in [5.74, 6) is 0. The molecule has 1 aliphatic heterocycles. The molecular weight excluding hydrogens is 259 g/mol. The molecule has 1 aromatic rings. The predicted octanol–water partition coefficient (Wildman–Crippen LogP) is 1.86. The Hall–Kier alpha value is -0.420. The summed E-state index contributed by atoms with van der Waals surface area (Å²) in [6.07, 6.45) is 3.72. The van der Waals surface area contributed by atoms with E-state index in [4.69, 9.17) is 17.3 Å². The third kappa shape index (κ3) is 4.07. The second kappa shape index (κ2) is 7.11. The maximum absolute atomic E-state index is 5.77. The molecule has 1 saturated heterocycles. The Morgan fingerprint density at radius 3 is 2.82 bits per heavy atom. The molecule has 1 aliphatic rings. The van der Waals surface area contributed by atoms with Crippen LogP contribution in [-0.4, -0.2) is 34.2 Å². The number of halogens is 2. The average Bonchev–Trinajstić information content (AvgIpc) is 2.33. The first-order valence-corrected chi connectivity index (χ1v) is 6.09. The van der Waals surface area contributed by atoms with Gasteiger partial charge in [-0.05, 0) is 31.5 Å². The first kappa shape index (κ1) is 14.6. The molecule has 2 N–H and O–H groups in total. The minimum atomic E-state index is 0. The number of rotatable bonds is 3. The summed E-state index contributed by atoms with van der Waals surface area (Å²) in [5.41, 5.74) is 6.74. The Morgan fingerprint density at radius 2 is 2.18 bits per heavy atom. The number of hydrogen-bond acceptors (Lipinski definition) is 4. The SMILES string of the molecule is Cl.NCC1CCCCN1Cc1ccc(Cl)nn1. The molecule has 0 bridgehead atoms. The van der Waals surface area contributed by atoms with E-state index in [1.807, 2.05) is 6.07 Å². The van der Waals surface area contributed by atoms with Crippen LogP contribution < -0.4 is 5.73 Å². The molecular formula is C11H18Cl2N4. The molecule has 96 valence electrons. The molecule has 1 atom stereocenters. The Balaban J connectivity index is 0.00000144. The third-order valence-electron chi connectivity index (χ3n) is 3.07. The zero-order valence-corrected chi connectivity index (χ0v) is 11.3. The van der Waals surface area contributed by atoms with Gasteiger partial charge in [0.15, 0.2) is 5.15 Å². The van der Waals surface area contributed by atoms with Gasteiger partial charge in [0.2, 0.25) is 0 Å². The topological polar surface area (TPSA) is 55.0 Å². The smallest absolute Gasteiger partial charge is 0.151 e. The number of piperidine rings is 1. The molecule has 0 aromatic carbocycles. The highest BCUT2D eigenvalue weighted by Crippen LogP contribution is 2.18. The van der Waals surface area contributed by atoms with Gasteiger partial charge in [0.25, 0.3) is 0 Å². The lowest BCUT2D eigenvalue weighted by molar-refractivity contribution is 0.143. The van der Waals surface area contributed by atoms with Crippen molar-refractivity contribution in [2.24, 2.45) is 5.73 Å². The fraction of sp³-hybridized carbons (Fsp3) is 0.636. The minimum absolute atomic E-state index is 0. The van der Waals surface area contributed by atoms with Crippen LogP contribution in [0.3, 0.4) is 0 Å². The number of likely N-dealkylation sites (tertiary alicyclic amines) is 1. The van der Waals surface area contributed by atoms with Crippen molar-refractivity contribution < 1.29 is 0 Å². The van der Waals surface area contributed by atoms with Gasteiger partial charge in [-0.15, -0.1) is 17.5 Å². The van der Waals surface area contributed by atoms with Crippen LogP contribution in [0, 0.1) is 0 Å². The first-order valence-electron chi connectivity index (χ1n) is 5.72. The first-order chi connectivity index (χ1) is 7.79. The van der Waals surface area contributed by atoms with Gasteiger partial charge in [-0.25, -0.2) is 0 Å². The van der Waals surface area contributed by atoms with Gasteiger partial charge in [0.1, 0.15) is 0 Å². The van der Waals surface area contributed by atoms with E-state index >= 15 is 0 Å². The number of aromatic nitrogens is 2. The highest BCUT2D eigenvalue weighted by atomic mass is 35.5. The quantitative estimate of drug-likeness (QED) is 0.916. The van der Waals surface area contributed by atoms with Crippen molar-refractivity contribution in [3.05, 3.63) is 23.0 Å². The van der Waals surface area contributed by atoms with E-state index in [9.17, 15) is 0 Å². The standard InChI is InChI=1S/C11H17ClN4.ClH/c12-11-5-4-9(14-15-11)8-16-6-2-1-3-10(16)7-13;/h4-5,10H,1-3,6-8,13H2;1H. The maximum atomic E-state index is 5.77. The molecule has 2 heterocycles. The fourth-order valence-corrected chi connectivity index (χ4v) is 2.27. The molecule has 17 heavy (non-hydrogen) atoms. The Morgan fingerprint density at radius 1 is 1.35 bits per heavy atom. The molecule has 0 radical (unpaired) electrons. The molecule has 0 amide bonds. The van der Waals surface area contributed by atoms with Crippen LogP contribution >= 0.6 is 24.0 Å². The molecule has 1 fully saturated rings. The molecule has 6 heteroatoms. The second-order valence-electron chi connectivity index (χ2n) is 4.20. The zero-order chi connectivity index (χ0) is 11.4. The lowest BCUT2D eigenvalue weighted by Gasteiger charge is -2.34. The number of nitrogens with zero attached hydrogens (tertiary/aromatic N) is 3. The van der Waals surface area contributed by atoms with Crippen molar-refractivity contribution in [3.8, 4) is 0 Å². The van der Waals surface area contributed by atoms with Crippen molar-refractivity contribution in [2.45, 2.75) is 31.8 Å². The minimum Gasteiger partial charge on any atom is -0.329 e. The predicted molar refractivity (Wildman–Crippen MR) is 71.4 cm³/mol. The van der Waals surface area contributed by atoms with Crippen LogP contribution in [0.2, 0.25) is 5.15 Å². The summed E-state index contributed by atoms with van der Waals surface area (Å²) in [6, 6.07) is 4.20. The van der Waals surface area contributed by atoms with Gasteiger partial charge in [-0.3, -0.25) is 4.90 Å². The highest BCUT2D eigenvalue weighted by Gasteiger charge is 2.21. The Kier molecular flexibility index (Phi) is 6.12. The van der Waals surface area contributed by atoms with Crippen LogP contribution in [0.15, 0.2) is 12.1 Å². The molecule has 1 unspecified atom stereocenters. The molecule has 4 nitrogen and oxygen atoms in total. The molecule has 0 saturated carbocycles. The third-order valence-corrected chi connectivity index (χ3v) is 3.28. The van der Waals surface area contributed by atoms with E-state index in [0.717, 1.165) is 25.3 Å². The van der Waals surface area contributed by atoms with Gasteiger partial charge in [0.05, 0.1) is 5.69 Å². The maximum Gasteiger partial charge on any atom is 0.151 e. The summed E-state index contributed by atoms with van der Waals surface area (Å²) in [4.78, 5) is 2.39. The van der Waals surface area contributed by atoms with E-state index in [0.29, 0.717) is 11.2 Å². The molecule has 0 aliphatic carbocycles. The van der Waals surface area contributed by atoms with Gasteiger partial charge in [-0.1, -0.05) is 18.0 Å². The largest absolute Gasteiger partial charge is 0.329 e. The second-order valence-corrected chi connectivity index (χ2v) is 4.59. The summed E-state index contributed by atoms with van der Waals surface area (Å²) in [6.45, 7) is 2.65. The number of hydrogen-bond donors (Lipinski definition) is 1. The molecule has 1 aromatic heterocycles. The van der Waals surface area contributed by atoms with Gasteiger partial charge in [0, 0.05) is 19.1 Å². The Labute approximate surface area is 113 Å². The number of nitrogens with two attached hydrogens (primary N) is 1. The van der Waals surface area contributed by atoms with Gasteiger partial charge < -0.3 is 5.73 Å². The van der Waals surface area contributed by atoms with Gasteiger partial charge in [-0.2, -0.15) is 5.10 Å². The lowest BCUT2D eigenvalue weighted by Crippen LogP contribution is -2.43. The van der Waals surface area contributed by atoms with Crippen molar-refractivity contribution in [1.82, 2.24) is 15.1 Å². The normalized spacial score (nSPS) is 20.9. The zero-order valence-electron chi connectivity index (χ0n) is 9.68. The van der Waals surface area contributed by atoms with Crippen LogP contribution in [0.1, 0.15) is 25.0 Å². The summed E-state index contributed by atoms with van der Waals surface area (Å²) in [7, 11) is 0. The lowest BCUT2D eigenvalue weighted by atomic mass is 10.0. The van der Waals surface area contributed by atoms with Crippen molar-refractivity contribution in [2.75, 3.05) is 13.1 Å². The summed E-state index contributed by atoms with van der Waals surface area (Å²) >= 11 is 5.70. The monoisotopic (exact) mass is 276 g/mol. The molecule has 0 spiro atoms.